The summed E-state index contributed by atoms with van der Waals surface area (Å²) in [7, 11) is -4.77. The fourth-order valence-corrected chi connectivity index (χ4v) is 8.89. The number of unbranched alkanes of at least 4 members (excludes halogenated alkanes) is 26. The van der Waals surface area contributed by atoms with E-state index in [1.807, 2.05) is 12.2 Å². The molecule has 0 aliphatic heterocycles. The van der Waals surface area contributed by atoms with Crippen molar-refractivity contribution in [1.29, 1.82) is 0 Å². The molecule has 0 rings (SSSR count). The molecular formula is C62H109O11P. The van der Waals surface area contributed by atoms with Gasteiger partial charge in [0, 0.05) is 19.3 Å². The Kier molecular flexibility index (Phi) is 53.8. The van der Waals surface area contributed by atoms with Crippen LogP contribution in [0.4, 0.5) is 0 Å². The Balaban J connectivity index is 4.77. The molecule has 428 valence electrons. The summed E-state index contributed by atoms with van der Waals surface area (Å²) in [6, 6.07) is 0. The lowest BCUT2D eigenvalue weighted by Crippen LogP contribution is -2.30. The Morgan fingerprint density at radius 2 is 0.730 bits per heavy atom. The van der Waals surface area contributed by atoms with Gasteiger partial charge in [0.1, 0.15) is 12.7 Å². The van der Waals surface area contributed by atoms with E-state index >= 15 is 0 Å². The lowest BCUT2D eigenvalue weighted by atomic mass is 10.0. The summed E-state index contributed by atoms with van der Waals surface area (Å²) in [5.74, 6) is -1.55. The average molecular weight is 1060 g/mol. The summed E-state index contributed by atoms with van der Waals surface area (Å²) in [5.41, 5.74) is 0. The number of carbonyl (C=O) groups excluding carboxylic acids is 3. The smallest absolute Gasteiger partial charge is 0.462 e. The molecule has 0 radical (unpaired) electrons. The molecule has 0 saturated heterocycles. The molecule has 0 saturated carbocycles. The van der Waals surface area contributed by atoms with Crippen molar-refractivity contribution in [3.63, 3.8) is 0 Å². The Morgan fingerprint density at radius 3 is 1.19 bits per heavy atom. The predicted octanol–water partition coefficient (Wildman–Crippen LogP) is 17.7. The van der Waals surface area contributed by atoms with Crippen molar-refractivity contribution >= 4 is 25.7 Å². The van der Waals surface area contributed by atoms with Crippen LogP contribution in [0, 0.1) is 0 Å². The number of carbonyl (C=O) groups is 3. The standard InChI is InChI=1S/C62H109O11P/c1-4-7-10-13-16-19-22-25-27-29-31-34-36-39-42-45-48-51-60(64)69-55-59(73-62(66)53-50-47-44-41-38-35-32-30-28-26-23-20-17-14-11-8-5-2)57-71-74(67,68)70-56-58(54-63)72-61(65)52-49-46-43-40-37-33-24-21-18-15-12-9-6-3/h9,12,17-18,20-21,26,28,33,37,43,46,58-59,63H,4-8,10-11,13-16,19,22-25,27,29-32,34-36,38-42,44-45,47-57H2,1-3H3,(H,67,68)/b12-9-,20-17-,21-18-,28-26-,37-33-,46-43-. The van der Waals surface area contributed by atoms with Gasteiger partial charge in [-0.3, -0.25) is 23.4 Å². The Bertz CT molecular complexity index is 1520. The maximum atomic E-state index is 12.9. The molecule has 3 unspecified atom stereocenters. The van der Waals surface area contributed by atoms with Gasteiger partial charge in [0.25, 0.3) is 0 Å². The van der Waals surface area contributed by atoms with Crippen molar-refractivity contribution in [3.05, 3.63) is 72.9 Å². The van der Waals surface area contributed by atoms with E-state index < -0.39 is 57.8 Å². The van der Waals surface area contributed by atoms with Crippen LogP contribution < -0.4 is 0 Å². The van der Waals surface area contributed by atoms with Crippen LogP contribution in [-0.4, -0.2) is 66.5 Å². The summed E-state index contributed by atoms with van der Waals surface area (Å²) >= 11 is 0. The van der Waals surface area contributed by atoms with Gasteiger partial charge in [-0.25, -0.2) is 4.57 Å². The molecule has 11 nitrogen and oxygen atoms in total. The van der Waals surface area contributed by atoms with Gasteiger partial charge in [0.15, 0.2) is 6.10 Å². The van der Waals surface area contributed by atoms with Crippen molar-refractivity contribution in [2.75, 3.05) is 26.4 Å². The van der Waals surface area contributed by atoms with E-state index in [-0.39, 0.29) is 25.9 Å². The van der Waals surface area contributed by atoms with Gasteiger partial charge in [0.05, 0.1) is 19.8 Å². The number of aliphatic hydroxyl groups is 1. The molecule has 0 bridgehead atoms. The van der Waals surface area contributed by atoms with Gasteiger partial charge < -0.3 is 24.2 Å². The van der Waals surface area contributed by atoms with Gasteiger partial charge >= 0.3 is 25.7 Å². The summed E-state index contributed by atoms with van der Waals surface area (Å²) in [6.07, 6.45) is 63.0. The molecule has 0 fully saturated rings. The lowest BCUT2D eigenvalue weighted by molar-refractivity contribution is -0.161. The minimum atomic E-state index is -4.77. The highest BCUT2D eigenvalue weighted by molar-refractivity contribution is 7.47. The van der Waals surface area contributed by atoms with Crippen molar-refractivity contribution in [1.82, 2.24) is 0 Å². The van der Waals surface area contributed by atoms with Gasteiger partial charge in [-0.1, -0.05) is 241 Å². The Labute approximate surface area is 452 Å². The molecule has 0 heterocycles. The molecule has 0 spiro atoms. The van der Waals surface area contributed by atoms with Crippen LogP contribution in [0.25, 0.3) is 0 Å². The SMILES string of the molecule is CC/C=C\C/C=C\C/C=C\C/C=C\CCC(=O)OC(CO)COP(=O)(O)OCC(COC(=O)CCCCCCCCCCCCCCCCCCC)OC(=O)CCCCCCCCC/C=C\C/C=C\CCCCC. The number of rotatable bonds is 55. The van der Waals surface area contributed by atoms with E-state index in [9.17, 15) is 28.9 Å². The van der Waals surface area contributed by atoms with Crippen LogP contribution in [-0.2, 0) is 42.2 Å². The number of allylic oxidation sites excluding steroid dienone is 12. The molecule has 0 aromatic carbocycles. The lowest BCUT2D eigenvalue weighted by Gasteiger charge is -2.21. The fraction of sp³-hybridized carbons (Fsp3) is 0.758. The molecule has 2 N–H and O–H groups in total. The number of phosphoric ester groups is 1. The quantitative estimate of drug-likeness (QED) is 0.0197. The topological polar surface area (TPSA) is 155 Å². The summed E-state index contributed by atoms with van der Waals surface area (Å²) < 4.78 is 39.5. The number of hydrogen-bond acceptors (Lipinski definition) is 10. The van der Waals surface area contributed by atoms with E-state index in [0.29, 0.717) is 19.3 Å². The summed E-state index contributed by atoms with van der Waals surface area (Å²) in [5, 5.41) is 9.79. The first-order chi connectivity index (χ1) is 36.2. The molecule has 0 aromatic rings. The normalized spacial score (nSPS) is 13.9. The van der Waals surface area contributed by atoms with E-state index in [0.717, 1.165) is 83.5 Å². The van der Waals surface area contributed by atoms with Gasteiger partial charge in [0.2, 0.25) is 0 Å². The van der Waals surface area contributed by atoms with Gasteiger partial charge in [-0.05, 0) is 77.0 Å². The zero-order valence-corrected chi connectivity index (χ0v) is 48.2. The molecule has 0 aromatic heterocycles. The van der Waals surface area contributed by atoms with Gasteiger partial charge in [-0.2, -0.15) is 0 Å². The summed E-state index contributed by atoms with van der Waals surface area (Å²) in [6.45, 7) is 4.44. The first-order valence-electron chi connectivity index (χ1n) is 29.8. The number of ether oxygens (including phenoxy) is 3. The van der Waals surface area contributed by atoms with Crippen molar-refractivity contribution < 1.29 is 52.2 Å². The van der Waals surface area contributed by atoms with Crippen LogP contribution in [0.15, 0.2) is 72.9 Å². The zero-order valence-electron chi connectivity index (χ0n) is 47.3. The molecule has 12 heteroatoms. The van der Waals surface area contributed by atoms with E-state index in [1.54, 1.807) is 0 Å². The monoisotopic (exact) mass is 1060 g/mol. The second-order valence-electron chi connectivity index (χ2n) is 19.8. The van der Waals surface area contributed by atoms with E-state index in [2.05, 4.69) is 81.5 Å². The number of hydrogen-bond donors (Lipinski definition) is 2. The van der Waals surface area contributed by atoms with Crippen molar-refractivity contribution in [2.45, 2.75) is 277 Å². The maximum Gasteiger partial charge on any atom is 0.472 e. The third-order valence-electron chi connectivity index (χ3n) is 12.6. The molecule has 74 heavy (non-hydrogen) atoms. The van der Waals surface area contributed by atoms with E-state index in [4.69, 9.17) is 23.3 Å². The molecule has 0 aliphatic carbocycles. The number of phosphoric acid groups is 1. The Morgan fingerprint density at radius 1 is 0.392 bits per heavy atom. The molecule has 3 atom stereocenters. The number of aliphatic hydroxyl groups excluding tert-OH is 1. The van der Waals surface area contributed by atoms with Crippen LogP contribution in [0.2, 0.25) is 0 Å². The second-order valence-corrected chi connectivity index (χ2v) is 21.2. The van der Waals surface area contributed by atoms with Crippen molar-refractivity contribution in [3.8, 4) is 0 Å². The third kappa shape index (κ3) is 53.7. The van der Waals surface area contributed by atoms with Gasteiger partial charge in [-0.15, -0.1) is 0 Å². The molecular weight excluding hydrogens is 952 g/mol. The minimum Gasteiger partial charge on any atom is -0.462 e. The van der Waals surface area contributed by atoms with Crippen LogP contribution in [0.1, 0.15) is 265 Å². The van der Waals surface area contributed by atoms with E-state index in [1.165, 1.54) is 122 Å². The fourth-order valence-electron chi connectivity index (χ4n) is 8.11. The highest BCUT2D eigenvalue weighted by Gasteiger charge is 2.28. The highest BCUT2D eigenvalue weighted by atomic mass is 31.2. The second kappa shape index (κ2) is 56.1. The third-order valence-corrected chi connectivity index (χ3v) is 13.6. The Hall–Kier alpha value is -3.08. The molecule has 0 amide bonds. The highest BCUT2D eigenvalue weighted by Crippen LogP contribution is 2.43. The largest absolute Gasteiger partial charge is 0.472 e. The average Bonchev–Trinajstić information content (AvgIpc) is 3.39. The zero-order chi connectivity index (χ0) is 54.1. The van der Waals surface area contributed by atoms with Crippen LogP contribution in [0.3, 0.4) is 0 Å². The van der Waals surface area contributed by atoms with Crippen LogP contribution >= 0.6 is 7.82 Å². The first kappa shape index (κ1) is 70.9. The first-order valence-corrected chi connectivity index (χ1v) is 31.3. The van der Waals surface area contributed by atoms with Crippen LogP contribution in [0.5, 0.6) is 0 Å². The molecule has 0 aliphatic rings. The minimum absolute atomic E-state index is 0.0548. The maximum absolute atomic E-state index is 12.9. The number of esters is 3. The predicted molar refractivity (Wildman–Crippen MR) is 307 cm³/mol. The summed E-state index contributed by atoms with van der Waals surface area (Å²) in [4.78, 5) is 48.5. The van der Waals surface area contributed by atoms with Crippen molar-refractivity contribution in [2.24, 2.45) is 0 Å².